The van der Waals surface area contributed by atoms with Gasteiger partial charge >= 0.3 is 5.97 Å². The minimum atomic E-state index is -1.03. The number of aromatic carboxylic acids is 1. The number of carboxylic acids is 1. The van der Waals surface area contributed by atoms with Crippen LogP contribution >= 0.6 is 11.8 Å². The van der Waals surface area contributed by atoms with Crippen LogP contribution in [0, 0.1) is 0 Å². The topological polar surface area (TPSA) is 209 Å². The number of carbonyl (C=O) groups is 4. The molecule has 0 spiro atoms. The number of carboxylic acid groups (broad SMARTS) is 1. The van der Waals surface area contributed by atoms with Crippen molar-refractivity contribution in [2.45, 2.75) is 67.2 Å². The standard InChI is InChI=1S/C43H48N8O5S/c1-51-37(23-30-25-47-34-12-3-2-10-32(30)34)40(53)49-26-33-31(27-16-18-28(19-17-27)43(55)56)11-6-15-38(33)57-41-29(9-8-22-46-41)24-48-35(14-7-21-45)39(52)50-36(42(51)54)13-4-5-20-44/h2-3,6,8-13,15-19,22,25,35,37,47-48H,4-5,7,14,20-21,23-24,26,44-45H2,1H3,(H,49,53)(H,50,52)(H,55,56)/b36-13-/t35-,37-/m0/s1. The average Bonchev–Trinajstić information content (AvgIpc) is 3.64. The second kappa shape index (κ2) is 19.4. The molecule has 6 rings (SSSR count). The van der Waals surface area contributed by atoms with E-state index in [1.165, 1.54) is 16.7 Å². The first-order valence-corrected chi connectivity index (χ1v) is 19.8. The Morgan fingerprint density at radius 2 is 1.74 bits per heavy atom. The molecule has 9 N–H and O–H groups in total. The highest BCUT2D eigenvalue weighted by atomic mass is 32.2. The molecule has 2 atom stereocenters. The second-order valence-electron chi connectivity index (χ2n) is 13.9. The van der Waals surface area contributed by atoms with Crippen LogP contribution in [0.1, 0.15) is 52.7 Å². The Morgan fingerprint density at radius 3 is 2.51 bits per heavy atom. The van der Waals surface area contributed by atoms with Crippen molar-refractivity contribution in [3.63, 3.8) is 0 Å². The Bertz CT molecular complexity index is 2260. The Morgan fingerprint density at radius 1 is 0.947 bits per heavy atom. The summed E-state index contributed by atoms with van der Waals surface area (Å²) in [5.41, 5.74) is 16.8. The number of nitrogens with zero attached hydrogens (tertiary/aromatic N) is 2. The minimum absolute atomic E-state index is 0.0617. The number of H-pyrrole nitrogens is 1. The van der Waals surface area contributed by atoms with Gasteiger partial charge in [-0.25, -0.2) is 9.78 Å². The molecule has 296 valence electrons. The van der Waals surface area contributed by atoms with Crippen molar-refractivity contribution in [2.24, 2.45) is 11.5 Å². The molecule has 1 aliphatic heterocycles. The molecule has 0 saturated carbocycles. The van der Waals surface area contributed by atoms with E-state index in [4.69, 9.17) is 16.5 Å². The minimum Gasteiger partial charge on any atom is -0.478 e. The van der Waals surface area contributed by atoms with E-state index in [0.717, 1.165) is 43.6 Å². The van der Waals surface area contributed by atoms with Crippen molar-refractivity contribution in [3.05, 3.63) is 125 Å². The molecular formula is C43H48N8O5S. The summed E-state index contributed by atoms with van der Waals surface area (Å²) in [6, 6.07) is 22.2. The summed E-state index contributed by atoms with van der Waals surface area (Å²) in [4.78, 5) is 65.0. The predicted molar refractivity (Wildman–Crippen MR) is 221 cm³/mol. The lowest BCUT2D eigenvalue weighted by atomic mass is 9.98. The van der Waals surface area contributed by atoms with E-state index in [2.05, 4.69) is 20.9 Å². The zero-order valence-electron chi connectivity index (χ0n) is 31.8. The van der Waals surface area contributed by atoms with Gasteiger partial charge in [0.15, 0.2) is 0 Å². The highest BCUT2D eigenvalue weighted by Gasteiger charge is 2.32. The Labute approximate surface area is 335 Å². The monoisotopic (exact) mass is 788 g/mol. The Kier molecular flexibility index (Phi) is 13.9. The summed E-state index contributed by atoms with van der Waals surface area (Å²) < 4.78 is 0. The molecule has 3 heterocycles. The number of benzene rings is 3. The average molecular weight is 789 g/mol. The molecule has 0 saturated heterocycles. The number of pyridine rings is 1. The van der Waals surface area contributed by atoms with Crippen molar-refractivity contribution >= 4 is 46.4 Å². The lowest BCUT2D eigenvalue weighted by Crippen LogP contribution is -2.52. The van der Waals surface area contributed by atoms with Gasteiger partial charge in [-0.1, -0.05) is 66.4 Å². The van der Waals surface area contributed by atoms with Crippen molar-refractivity contribution in [1.29, 1.82) is 0 Å². The summed E-state index contributed by atoms with van der Waals surface area (Å²) >= 11 is 1.43. The predicted octanol–water partition coefficient (Wildman–Crippen LogP) is 4.71. The first-order chi connectivity index (χ1) is 27.7. The van der Waals surface area contributed by atoms with Gasteiger partial charge in [-0.15, -0.1) is 0 Å². The maximum Gasteiger partial charge on any atom is 0.335 e. The number of allylic oxidation sites excluding steroid dienone is 1. The number of amides is 3. The number of nitrogens with one attached hydrogen (secondary N) is 4. The van der Waals surface area contributed by atoms with E-state index >= 15 is 0 Å². The van der Waals surface area contributed by atoms with Crippen LogP contribution in [0.3, 0.4) is 0 Å². The van der Waals surface area contributed by atoms with Crippen molar-refractivity contribution in [3.8, 4) is 11.1 Å². The quantitative estimate of drug-likeness (QED) is 0.0766. The number of rotatable bonds is 10. The number of carbonyl (C=O) groups excluding carboxylic acids is 3. The second-order valence-corrected chi connectivity index (χ2v) is 14.9. The summed E-state index contributed by atoms with van der Waals surface area (Å²) in [5.74, 6) is -2.35. The molecule has 2 aromatic heterocycles. The number of hydrogen-bond donors (Lipinski definition) is 7. The van der Waals surface area contributed by atoms with Crippen molar-refractivity contribution < 1.29 is 24.3 Å². The molecule has 0 aliphatic carbocycles. The first kappa shape index (κ1) is 40.9. The molecule has 14 heteroatoms. The van der Waals surface area contributed by atoms with Crippen LogP contribution in [-0.2, 0) is 33.9 Å². The van der Waals surface area contributed by atoms with Crippen LogP contribution < -0.4 is 27.4 Å². The van der Waals surface area contributed by atoms with E-state index in [1.807, 2.05) is 60.8 Å². The van der Waals surface area contributed by atoms with Gasteiger partial charge < -0.3 is 42.4 Å². The highest BCUT2D eigenvalue weighted by Crippen LogP contribution is 2.37. The van der Waals surface area contributed by atoms with Crippen LogP contribution in [0.4, 0.5) is 0 Å². The number of aromatic nitrogens is 2. The molecule has 57 heavy (non-hydrogen) atoms. The van der Waals surface area contributed by atoms with Crippen molar-refractivity contribution in [2.75, 3.05) is 20.1 Å². The maximum atomic E-state index is 14.6. The van der Waals surface area contributed by atoms with E-state index in [1.54, 1.807) is 43.6 Å². The summed E-state index contributed by atoms with van der Waals surface area (Å²) in [6.07, 6.45) is 7.42. The largest absolute Gasteiger partial charge is 0.478 e. The van der Waals surface area contributed by atoms with Gasteiger partial charge in [0.25, 0.3) is 5.91 Å². The fourth-order valence-electron chi connectivity index (χ4n) is 6.86. The summed E-state index contributed by atoms with van der Waals surface area (Å²) in [7, 11) is 1.57. The molecule has 0 unspecified atom stereocenters. The zero-order chi connectivity index (χ0) is 40.3. The molecule has 3 aromatic carbocycles. The molecule has 5 aromatic rings. The zero-order valence-corrected chi connectivity index (χ0v) is 32.6. The van der Waals surface area contributed by atoms with Crippen molar-refractivity contribution in [1.82, 2.24) is 30.8 Å². The third-order valence-corrected chi connectivity index (χ3v) is 11.2. The van der Waals surface area contributed by atoms with Crippen LogP contribution in [0.2, 0.25) is 0 Å². The number of unbranched alkanes of at least 4 members (excludes halogenated alkanes) is 1. The number of hydrogen-bond acceptors (Lipinski definition) is 9. The molecule has 3 amide bonds. The fourth-order valence-corrected chi connectivity index (χ4v) is 7.90. The molecule has 0 bridgehead atoms. The van der Waals surface area contributed by atoms with Gasteiger partial charge in [0.2, 0.25) is 11.8 Å². The number of fused-ring (bicyclic) bond motifs is 3. The molecule has 13 nitrogen and oxygen atoms in total. The Balaban J connectivity index is 1.47. The van der Waals surface area contributed by atoms with Gasteiger partial charge in [0, 0.05) is 54.8 Å². The molecular weight excluding hydrogens is 741 g/mol. The third kappa shape index (κ3) is 9.96. The number of likely N-dealkylation sites (N-methyl/N-ethyl adjacent to an activating group) is 1. The van der Waals surface area contributed by atoms with Gasteiger partial charge in [0.05, 0.1) is 11.6 Å². The van der Waals surface area contributed by atoms with E-state index in [9.17, 15) is 24.3 Å². The van der Waals surface area contributed by atoms with Crippen LogP contribution in [-0.4, -0.2) is 75.9 Å². The van der Waals surface area contributed by atoms with Gasteiger partial charge in [-0.05, 0) is 96.9 Å². The maximum absolute atomic E-state index is 14.6. The smallest absolute Gasteiger partial charge is 0.335 e. The number of nitrogens with two attached hydrogens (primary N) is 2. The van der Waals surface area contributed by atoms with Crippen LogP contribution in [0.5, 0.6) is 0 Å². The third-order valence-electron chi connectivity index (χ3n) is 10.0. The normalized spacial score (nSPS) is 17.8. The molecule has 0 radical (unpaired) electrons. The SMILES string of the molecule is CN1C(=O)/C(=C/CCCN)NC(=O)[C@H](CCCN)NCc2cccnc2Sc2cccc(-c3ccc(C(=O)O)cc3)c2CNC(=O)[C@@H]1Cc1c[nH]c2ccccc12. The van der Waals surface area contributed by atoms with Gasteiger partial charge in [-0.2, -0.15) is 0 Å². The number of aromatic amines is 1. The lowest BCUT2D eigenvalue weighted by molar-refractivity contribution is -0.137. The summed E-state index contributed by atoms with van der Waals surface area (Å²) in [5, 5.41) is 20.6. The van der Waals surface area contributed by atoms with Crippen LogP contribution in [0.25, 0.3) is 22.0 Å². The molecule has 0 fully saturated rings. The van der Waals surface area contributed by atoms with Gasteiger partial charge in [0.1, 0.15) is 16.8 Å². The van der Waals surface area contributed by atoms with E-state index in [-0.39, 0.29) is 24.2 Å². The molecule has 1 aliphatic rings. The Hall–Kier alpha value is -5.80. The lowest BCUT2D eigenvalue weighted by Gasteiger charge is -2.29. The fraction of sp³-hybridized carbons (Fsp3) is 0.279. The first-order valence-electron chi connectivity index (χ1n) is 19.0. The highest BCUT2D eigenvalue weighted by molar-refractivity contribution is 7.99. The number of para-hydroxylation sites is 1. The van der Waals surface area contributed by atoms with Crippen LogP contribution in [0.15, 0.2) is 113 Å². The summed E-state index contributed by atoms with van der Waals surface area (Å²) in [6.45, 7) is 1.16. The van der Waals surface area contributed by atoms with E-state index in [0.29, 0.717) is 50.3 Å². The van der Waals surface area contributed by atoms with E-state index < -0.39 is 35.8 Å². The van der Waals surface area contributed by atoms with Gasteiger partial charge in [-0.3, -0.25) is 14.4 Å².